The predicted octanol–water partition coefficient (Wildman–Crippen LogP) is 3.77. The summed E-state index contributed by atoms with van der Waals surface area (Å²) in [5, 5.41) is 25.7. The molecule has 0 amide bonds. The molecule has 0 saturated carbocycles. The molecule has 4 aromatic rings. The molecule has 0 spiro atoms. The van der Waals surface area contributed by atoms with Gasteiger partial charge in [0.1, 0.15) is 4.83 Å². The second-order valence-electron chi connectivity index (χ2n) is 6.38. The van der Waals surface area contributed by atoms with Gasteiger partial charge in [-0.2, -0.15) is 5.10 Å². The van der Waals surface area contributed by atoms with Gasteiger partial charge in [-0.05, 0) is 48.9 Å². The predicted molar refractivity (Wildman–Crippen MR) is 110 cm³/mol. The summed E-state index contributed by atoms with van der Waals surface area (Å²) in [4.78, 5) is 10.1. The van der Waals surface area contributed by atoms with Crippen LogP contribution in [0.2, 0.25) is 0 Å². The molecular formula is C20H24N4O2S. The van der Waals surface area contributed by atoms with Crippen molar-refractivity contribution in [2.24, 2.45) is 7.05 Å². The van der Waals surface area contributed by atoms with E-state index in [1.807, 2.05) is 32.4 Å². The van der Waals surface area contributed by atoms with E-state index in [4.69, 9.17) is 10.2 Å². The van der Waals surface area contributed by atoms with Crippen LogP contribution in [0.5, 0.6) is 0 Å². The highest BCUT2D eigenvalue weighted by molar-refractivity contribution is 7.16. The van der Waals surface area contributed by atoms with Crippen LogP contribution in [0.1, 0.15) is 26.2 Å². The lowest BCUT2D eigenvalue weighted by atomic mass is 10.1. The van der Waals surface area contributed by atoms with Gasteiger partial charge in [0.25, 0.3) is 0 Å². The number of aliphatic hydroxyl groups is 2. The number of hydrogen-bond acceptors (Lipinski definition) is 6. The van der Waals surface area contributed by atoms with Crippen molar-refractivity contribution < 1.29 is 10.2 Å². The number of aryl methyl sites for hydroxylation is 1. The van der Waals surface area contributed by atoms with Gasteiger partial charge < -0.3 is 10.2 Å². The zero-order valence-electron chi connectivity index (χ0n) is 15.5. The minimum atomic E-state index is -0.206. The van der Waals surface area contributed by atoms with Crippen LogP contribution in [0.25, 0.3) is 32.5 Å². The third-order valence-electron chi connectivity index (χ3n) is 4.25. The Morgan fingerprint density at radius 2 is 2.07 bits per heavy atom. The number of aromatic nitrogens is 4. The average Bonchev–Trinajstić information content (AvgIpc) is 3.30. The van der Waals surface area contributed by atoms with Gasteiger partial charge in [-0.1, -0.05) is 6.92 Å². The van der Waals surface area contributed by atoms with Crippen LogP contribution >= 0.6 is 11.3 Å². The second kappa shape index (κ2) is 9.03. The van der Waals surface area contributed by atoms with Gasteiger partial charge in [0.15, 0.2) is 5.65 Å². The maximum absolute atomic E-state index is 8.88. The van der Waals surface area contributed by atoms with Crippen molar-refractivity contribution in [1.29, 1.82) is 0 Å². The van der Waals surface area contributed by atoms with Gasteiger partial charge in [-0.15, -0.1) is 11.3 Å². The summed E-state index contributed by atoms with van der Waals surface area (Å²) in [5.41, 5.74) is 2.74. The lowest BCUT2D eigenvalue weighted by Gasteiger charge is -2.03. The molecule has 1 atom stereocenters. The van der Waals surface area contributed by atoms with Crippen molar-refractivity contribution in [3.05, 3.63) is 42.0 Å². The highest BCUT2D eigenvalue weighted by Crippen LogP contribution is 2.25. The zero-order chi connectivity index (χ0) is 19.2. The first-order valence-electron chi connectivity index (χ1n) is 9.03. The van der Waals surface area contributed by atoms with E-state index in [1.54, 1.807) is 16.0 Å². The van der Waals surface area contributed by atoms with Crippen LogP contribution in [-0.4, -0.2) is 42.7 Å². The van der Waals surface area contributed by atoms with E-state index in [0.717, 1.165) is 46.4 Å². The largest absolute Gasteiger partial charge is 0.396 e. The number of aliphatic hydroxyl groups excluding tert-OH is 2. The van der Waals surface area contributed by atoms with E-state index >= 15 is 0 Å². The van der Waals surface area contributed by atoms with Gasteiger partial charge >= 0.3 is 0 Å². The van der Waals surface area contributed by atoms with E-state index in [9.17, 15) is 0 Å². The lowest BCUT2D eigenvalue weighted by molar-refractivity contribution is 0.146. The quantitative estimate of drug-likeness (QED) is 0.547. The first kappa shape index (κ1) is 19.4. The molecule has 0 aliphatic carbocycles. The Bertz CT molecular complexity index is 1010. The first-order valence-corrected chi connectivity index (χ1v) is 9.91. The highest BCUT2D eigenvalue weighted by Gasteiger charge is 2.06. The minimum Gasteiger partial charge on any atom is -0.396 e. The Hall–Kier alpha value is -2.35. The van der Waals surface area contributed by atoms with E-state index in [2.05, 4.69) is 38.6 Å². The molecule has 0 radical (unpaired) electrons. The summed E-state index contributed by atoms with van der Waals surface area (Å²) in [5.74, 6) is 0. The molecule has 0 fully saturated rings. The number of thiophene rings is 1. The van der Waals surface area contributed by atoms with Gasteiger partial charge in [-0.3, -0.25) is 4.68 Å². The van der Waals surface area contributed by atoms with Crippen LogP contribution in [0.3, 0.4) is 0 Å². The fraction of sp³-hybridized carbons (Fsp3) is 0.350. The lowest BCUT2D eigenvalue weighted by Crippen LogP contribution is -2.04. The molecule has 4 heterocycles. The van der Waals surface area contributed by atoms with E-state index < -0.39 is 0 Å². The van der Waals surface area contributed by atoms with Crippen LogP contribution in [-0.2, 0) is 7.05 Å². The third kappa shape index (κ3) is 4.88. The van der Waals surface area contributed by atoms with Gasteiger partial charge in [-0.25, -0.2) is 9.97 Å². The molecule has 7 heteroatoms. The van der Waals surface area contributed by atoms with Crippen molar-refractivity contribution in [3.8, 4) is 11.3 Å². The molecule has 0 bridgehead atoms. The fourth-order valence-electron chi connectivity index (χ4n) is 2.71. The van der Waals surface area contributed by atoms with Gasteiger partial charge in [0.2, 0.25) is 0 Å². The smallest absolute Gasteiger partial charge is 0.181 e. The number of fused-ring (bicyclic) bond motifs is 2. The van der Waals surface area contributed by atoms with Crippen molar-refractivity contribution in [2.45, 2.75) is 32.3 Å². The molecule has 2 N–H and O–H groups in total. The molecular weight excluding hydrogens is 360 g/mol. The zero-order valence-corrected chi connectivity index (χ0v) is 16.4. The fourth-order valence-corrected chi connectivity index (χ4v) is 3.48. The number of hydrogen-bond donors (Lipinski definition) is 2. The molecule has 1 unspecified atom stereocenters. The van der Waals surface area contributed by atoms with Crippen molar-refractivity contribution >= 4 is 32.6 Å². The first-order chi connectivity index (χ1) is 13.1. The summed E-state index contributed by atoms with van der Waals surface area (Å²) in [6.45, 7) is 2.12. The number of pyridine rings is 2. The second-order valence-corrected chi connectivity index (χ2v) is 7.27. The van der Waals surface area contributed by atoms with Crippen LogP contribution < -0.4 is 0 Å². The Labute approximate surface area is 162 Å². The van der Waals surface area contributed by atoms with Crippen LogP contribution in [0.4, 0.5) is 0 Å². The summed E-state index contributed by atoms with van der Waals surface area (Å²) in [6, 6.07) is 8.30. The average molecular weight is 385 g/mol. The monoisotopic (exact) mass is 384 g/mol. The summed E-state index contributed by atoms with van der Waals surface area (Å²) < 4.78 is 1.78. The molecule has 0 aliphatic heterocycles. The Balaban J connectivity index is 0.000000226. The Kier molecular flexibility index (Phi) is 6.49. The van der Waals surface area contributed by atoms with Crippen molar-refractivity contribution in [2.75, 3.05) is 6.61 Å². The SMILES string of the molecule is CCC(O)CCCO.Cn1cc2cc(-c3ccc4ccsc4n3)cnc2n1. The Morgan fingerprint density at radius 3 is 2.85 bits per heavy atom. The molecule has 142 valence electrons. The molecule has 4 rings (SSSR count). The summed E-state index contributed by atoms with van der Waals surface area (Å²) in [7, 11) is 1.90. The molecule has 27 heavy (non-hydrogen) atoms. The van der Waals surface area contributed by atoms with Crippen LogP contribution in [0, 0.1) is 0 Å². The van der Waals surface area contributed by atoms with E-state index in [1.165, 1.54) is 5.39 Å². The summed E-state index contributed by atoms with van der Waals surface area (Å²) in [6.07, 6.45) is 5.83. The highest BCUT2D eigenvalue weighted by atomic mass is 32.1. The van der Waals surface area contributed by atoms with Crippen molar-refractivity contribution in [1.82, 2.24) is 19.7 Å². The normalized spacial score (nSPS) is 12.1. The topological polar surface area (TPSA) is 84.1 Å². The maximum atomic E-state index is 8.88. The number of nitrogens with zero attached hydrogens (tertiary/aromatic N) is 4. The van der Waals surface area contributed by atoms with E-state index in [-0.39, 0.29) is 12.7 Å². The molecule has 0 saturated heterocycles. The Morgan fingerprint density at radius 1 is 1.22 bits per heavy atom. The van der Waals surface area contributed by atoms with Gasteiger partial charge in [0, 0.05) is 42.4 Å². The van der Waals surface area contributed by atoms with E-state index in [0.29, 0.717) is 0 Å². The third-order valence-corrected chi connectivity index (χ3v) is 5.08. The standard InChI is InChI=1S/C14H10N4S.C6H14O2/c1-18-8-11-6-10(7-15-13(11)17-18)12-3-2-9-4-5-19-14(9)16-12;1-2-6(8)4-3-5-7/h2-8H,1H3;6-8H,2-5H2,1H3. The van der Waals surface area contributed by atoms with Crippen LogP contribution in [0.15, 0.2) is 42.0 Å². The molecule has 6 nitrogen and oxygen atoms in total. The maximum Gasteiger partial charge on any atom is 0.181 e. The molecule has 0 aliphatic rings. The minimum absolute atomic E-state index is 0.192. The summed E-state index contributed by atoms with van der Waals surface area (Å²) >= 11 is 1.66. The molecule has 4 aromatic heterocycles. The number of rotatable bonds is 5. The van der Waals surface area contributed by atoms with Gasteiger partial charge in [0.05, 0.1) is 11.8 Å². The van der Waals surface area contributed by atoms with Crippen molar-refractivity contribution in [3.63, 3.8) is 0 Å². The molecule has 0 aromatic carbocycles.